The smallest absolute Gasteiger partial charge is 0.341 e. The maximum atomic E-state index is 12.2. The molecule has 1 N–H and O–H groups in total. The van der Waals surface area contributed by atoms with E-state index in [-0.39, 0.29) is 18.4 Å². The summed E-state index contributed by atoms with van der Waals surface area (Å²) in [6.07, 6.45) is 0. The summed E-state index contributed by atoms with van der Waals surface area (Å²) >= 11 is 1.34. The van der Waals surface area contributed by atoms with Crippen molar-refractivity contribution in [3.63, 3.8) is 0 Å². The number of thiophene rings is 1. The molecule has 0 spiro atoms. The quantitative estimate of drug-likeness (QED) is 0.871. The molecule has 0 unspecified atom stereocenters. The summed E-state index contributed by atoms with van der Waals surface area (Å²) in [5.41, 5.74) is 1.15. The Morgan fingerprint density at radius 2 is 2.00 bits per heavy atom. The zero-order valence-electron chi connectivity index (χ0n) is 12.1. The number of carbonyl (C=O) groups is 2. The van der Waals surface area contributed by atoms with Gasteiger partial charge in [0.15, 0.2) is 6.61 Å². The number of nitrogens with zero attached hydrogens (tertiary/aromatic N) is 2. The van der Waals surface area contributed by atoms with Gasteiger partial charge in [0.1, 0.15) is 5.00 Å². The van der Waals surface area contributed by atoms with E-state index in [0.29, 0.717) is 16.5 Å². The highest BCUT2D eigenvalue weighted by atomic mass is 32.1. The minimum absolute atomic E-state index is 0.104. The van der Waals surface area contributed by atoms with Crippen molar-refractivity contribution in [3.05, 3.63) is 27.8 Å². The molecule has 0 saturated carbocycles. The summed E-state index contributed by atoms with van der Waals surface area (Å²) in [5, 5.41) is 10.5. The number of nitrogens with one attached hydrogen (secondary N) is 1. The molecule has 0 fully saturated rings. The first-order valence-corrected chi connectivity index (χ1v) is 7.03. The predicted octanol–water partition coefficient (Wildman–Crippen LogP) is 2.37. The van der Waals surface area contributed by atoms with Gasteiger partial charge in [0, 0.05) is 18.7 Å². The molecule has 0 saturated heterocycles. The highest BCUT2D eigenvalue weighted by Crippen LogP contribution is 2.33. The molecule has 2 aromatic heterocycles. The van der Waals surface area contributed by atoms with Gasteiger partial charge in [-0.05, 0) is 19.4 Å². The molecule has 8 heteroatoms. The summed E-state index contributed by atoms with van der Waals surface area (Å²) in [7, 11) is 0. The first-order chi connectivity index (χ1) is 9.88. The van der Waals surface area contributed by atoms with Crippen LogP contribution in [0.1, 0.15) is 39.5 Å². The molecule has 2 heterocycles. The Hall–Kier alpha value is -2.22. The van der Waals surface area contributed by atoms with Crippen LogP contribution >= 0.6 is 11.3 Å². The Balaban J connectivity index is 2.16. The number of esters is 1. The number of hydrogen-bond donors (Lipinski definition) is 1. The van der Waals surface area contributed by atoms with Crippen molar-refractivity contribution in [1.82, 2.24) is 10.2 Å². The molecule has 2 aromatic rings. The minimum atomic E-state index is -0.531. The third-order valence-electron chi connectivity index (χ3n) is 2.77. The lowest BCUT2D eigenvalue weighted by molar-refractivity contribution is -0.114. The van der Waals surface area contributed by atoms with Crippen LogP contribution in [0.2, 0.25) is 0 Å². The van der Waals surface area contributed by atoms with Gasteiger partial charge in [0.05, 0.1) is 5.56 Å². The van der Waals surface area contributed by atoms with Crippen molar-refractivity contribution in [3.8, 4) is 0 Å². The Morgan fingerprint density at radius 1 is 1.29 bits per heavy atom. The Bertz CT molecular complexity index is 690. The number of aryl methyl sites for hydroxylation is 2. The molecule has 112 valence electrons. The van der Waals surface area contributed by atoms with Gasteiger partial charge in [-0.2, -0.15) is 0 Å². The largest absolute Gasteiger partial charge is 0.452 e. The van der Waals surface area contributed by atoms with E-state index >= 15 is 0 Å². The van der Waals surface area contributed by atoms with Gasteiger partial charge in [-0.25, -0.2) is 4.79 Å². The van der Waals surface area contributed by atoms with E-state index in [9.17, 15) is 9.59 Å². The van der Waals surface area contributed by atoms with Crippen molar-refractivity contribution in [2.75, 3.05) is 5.32 Å². The molecule has 0 atom stereocenters. The summed E-state index contributed by atoms with van der Waals surface area (Å²) in [6, 6.07) is 0. The number of rotatable bonds is 4. The number of ether oxygens (including phenoxy) is 1. The number of amides is 1. The molecule has 0 radical (unpaired) electrons. The highest BCUT2D eigenvalue weighted by Gasteiger charge is 2.22. The summed E-state index contributed by atoms with van der Waals surface area (Å²) < 4.78 is 10.3. The van der Waals surface area contributed by atoms with Crippen LogP contribution in [-0.2, 0) is 16.1 Å². The first-order valence-electron chi connectivity index (χ1n) is 6.22. The van der Waals surface area contributed by atoms with E-state index in [1.807, 2.05) is 13.8 Å². The van der Waals surface area contributed by atoms with E-state index in [1.54, 1.807) is 6.92 Å². The molecule has 1 amide bonds. The SMILES string of the molecule is CC(=O)Nc1sc(C)c(C)c1C(=O)OCc1nnc(C)o1. The van der Waals surface area contributed by atoms with Crippen LogP contribution in [0.25, 0.3) is 0 Å². The third kappa shape index (κ3) is 3.46. The van der Waals surface area contributed by atoms with Crippen molar-refractivity contribution < 1.29 is 18.7 Å². The standard InChI is InChI=1S/C13H15N3O4S/c1-6-7(2)21-12(14-8(3)17)11(6)13(18)19-5-10-16-15-9(4)20-10/h5H2,1-4H3,(H,14,17). The van der Waals surface area contributed by atoms with Crippen LogP contribution in [0, 0.1) is 20.8 Å². The molecule has 0 aliphatic rings. The van der Waals surface area contributed by atoms with Gasteiger partial charge in [-0.15, -0.1) is 21.5 Å². The second-order valence-electron chi connectivity index (χ2n) is 4.46. The second-order valence-corrected chi connectivity index (χ2v) is 5.68. The fourth-order valence-corrected chi connectivity index (χ4v) is 2.81. The first kappa shape index (κ1) is 15.2. The topological polar surface area (TPSA) is 94.3 Å². The normalized spacial score (nSPS) is 10.5. The van der Waals surface area contributed by atoms with Gasteiger partial charge in [-0.3, -0.25) is 4.79 Å². The monoisotopic (exact) mass is 309 g/mol. The Labute approximate surface area is 125 Å². The van der Waals surface area contributed by atoms with Crippen molar-refractivity contribution in [1.29, 1.82) is 0 Å². The lowest BCUT2D eigenvalue weighted by atomic mass is 10.1. The minimum Gasteiger partial charge on any atom is -0.452 e. The zero-order chi connectivity index (χ0) is 15.6. The van der Waals surface area contributed by atoms with E-state index in [1.165, 1.54) is 18.3 Å². The summed E-state index contributed by atoms with van der Waals surface area (Å²) in [4.78, 5) is 24.3. The van der Waals surface area contributed by atoms with Crippen molar-refractivity contribution in [2.24, 2.45) is 0 Å². The number of anilines is 1. The molecule has 0 bridgehead atoms. The van der Waals surface area contributed by atoms with Crippen LogP contribution in [-0.4, -0.2) is 22.1 Å². The van der Waals surface area contributed by atoms with Crippen molar-refractivity contribution in [2.45, 2.75) is 34.3 Å². The third-order valence-corrected chi connectivity index (χ3v) is 3.90. The van der Waals surface area contributed by atoms with Crippen LogP contribution in [0.15, 0.2) is 4.42 Å². The Kier molecular flexibility index (Phi) is 4.37. The van der Waals surface area contributed by atoms with E-state index < -0.39 is 5.97 Å². The van der Waals surface area contributed by atoms with Gasteiger partial charge < -0.3 is 14.5 Å². The van der Waals surface area contributed by atoms with Gasteiger partial charge >= 0.3 is 5.97 Å². The van der Waals surface area contributed by atoms with Crippen molar-refractivity contribution >= 4 is 28.2 Å². The lowest BCUT2D eigenvalue weighted by Gasteiger charge is -2.05. The predicted molar refractivity (Wildman–Crippen MR) is 76.3 cm³/mol. The Morgan fingerprint density at radius 3 is 2.57 bits per heavy atom. The number of aromatic nitrogens is 2. The van der Waals surface area contributed by atoms with Crippen LogP contribution in [0.3, 0.4) is 0 Å². The van der Waals surface area contributed by atoms with E-state index in [4.69, 9.17) is 9.15 Å². The fraction of sp³-hybridized carbons (Fsp3) is 0.385. The average molecular weight is 309 g/mol. The fourth-order valence-electron chi connectivity index (χ4n) is 1.72. The molecular formula is C13H15N3O4S. The molecule has 7 nitrogen and oxygen atoms in total. The maximum absolute atomic E-state index is 12.2. The van der Waals surface area contributed by atoms with Crippen LogP contribution in [0.5, 0.6) is 0 Å². The number of carbonyl (C=O) groups excluding carboxylic acids is 2. The molecule has 2 rings (SSSR count). The van der Waals surface area contributed by atoms with Gasteiger partial charge in [0.2, 0.25) is 11.8 Å². The number of hydrogen-bond acceptors (Lipinski definition) is 7. The second kappa shape index (κ2) is 6.04. The molecular weight excluding hydrogens is 294 g/mol. The zero-order valence-corrected chi connectivity index (χ0v) is 13.0. The maximum Gasteiger partial charge on any atom is 0.341 e. The summed E-state index contributed by atoms with van der Waals surface area (Å²) in [5.74, 6) is -0.136. The van der Waals surface area contributed by atoms with Gasteiger partial charge in [-0.1, -0.05) is 0 Å². The summed E-state index contributed by atoms with van der Waals surface area (Å²) in [6.45, 7) is 6.63. The lowest BCUT2D eigenvalue weighted by Crippen LogP contribution is -2.12. The van der Waals surface area contributed by atoms with Crippen LogP contribution in [0.4, 0.5) is 5.00 Å². The molecule has 21 heavy (non-hydrogen) atoms. The van der Waals surface area contributed by atoms with E-state index in [0.717, 1.165) is 10.4 Å². The molecule has 0 aliphatic heterocycles. The molecule has 0 aliphatic carbocycles. The van der Waals surface area contributed by atoms with Gasteiger partial charge in [0.25, 0.3) is 5.89 Å². The average Bonchev–Trinajstić information content (AvgIpc) is 2.91. The van der Waals surface area contributed by atoms with E-state index in [2.05, 4.69) is 15.5 Å². The van der Waals surface area contributed by atoms with Crippen LogP contribution < -0.4 is 5.32 Å². The highest BCUT2D eigenvalue weighted by molar-refractivity contribution is 7.16. The molecule has 0 aromatic carbocycles.